The number of phenols is 1. The van der Waals surface area contributed by atoms with Gasteiger partial charge in [0.15, 0.2) is 5.78 Å². The molecule has 2 aromatic carbocycles. The molecule has 1 N–H and O–H groups in total. The summed E-state index contributed by atoms with van der Waals surface area (Å²) in [5, 5.41) is 10.3. The number of Topliss-reactive ketones (excluding diaryl/α,β-unsaturated/α-hetero) is 1. The van der Waals surface area contributed by atoms with Crippen LogP contribution in [0.15, 0.2) is 40.9 Å². The van der Waals surface area contributed by atoms with Crippen LogP contribution >= 0.6 is 39.1 Å². The molecule has 0 aliphatic carbocycles. The summed E-state index contributed by atoms with van der Waals surface area (Å²) in [6, 6.07) is 10.3. The van der Waals surface area contributed by atoms with Crippen LogP contribution in [0.3, 0.4) is 0 Å². The second-order valence-corrected chi connectivity index (χ2v) is 6.79. The van der Waals surface area contributed by atoms with Crippen LogP contribution in [0.5, 0.6) is 17.2 Å². The zero-order valence-electron chi connectivity index (χ0n) is 13.3. The van der Waals surface area contributed by atoms with E-state index in [-0.39, 0.29) is 48.4 Å². The van der Waals surface area contributed by atoms with Crippen molar-refractivity contribution in [3.63, 3.8) is 0 Å². The van der Waals surface area contributed by atoms with Crippen LogP contribution in [-0.4, -0.2) is 35.9 Å². The molecule has 0 aliphatic heterocycles. The maximum atomic E-state index is 12.7. The van der Waals surface area contributed by atoms with Crippen molar-refractivity contribution in [1.29, 1.82) is 0 Å². The van der Waals surface area contributed by atoms with Crippen molar-refractivity contribution in [3.05, 3.63) is 52.0 Å². The number of benzene rings is 2. The molecule has 2 aromatic rings. The second kappa shape index (κ2) is 9.90. The molecule has 0 aliphatic rings. The van der Waals surface area contributed by atoms with Crippen molar-refractivity contribution in [2.75, 3.05) is 25.0 Å². The number of rotatable bonds is 9. The summed E-state index contributed by atoms with van der Waals surface area (Å²) in [7, 11) is 0. The van der Waals surface area contributed by atoms with Gasteiger partial charge in [0.1, 0.15) is 36.0 Å². The highest BCUT2D eigenvalue weighted by Crippen LogP contribution is 2.34. The van der Waals surface area contributed by atoms with Gasteiger partial charge in [-0.3, -0.25) is 4.79 Å². The first-order valence-corrected chi connectivity index (χ1v) is 9.43. The fourth-order valence-corrected chi connectivity index (χ4v) is 2.65. The summed E-state index contributed by atoms with van der Waals surface area (Å²) in [4.78, 5) is 12.7. The van der Waals surface area contributed by atoms with Gasteiger partial charge in [-0.05, 0) is 17.7 Å². The van der Waals surface area contributed by atoms with E-state index in [2.05, 4.69) is 15.9 Å². The van der Waals surface area contributed by atoms with Gasteiger partial charge >= 0.3 is 0 Å². The highest BCUT2D eigenvalue weighted by molar-refractivity contribution is 9.10. The first-order chi connectivity index (χ1) is 12.0. The number of halogens is 3. The highest BCUT2D eigenvalue weighted by Gasteiger charge is 2.20. The van der Waals surface area contributed by atoms with Crippen LogP contribution in [0.1, 0.15) is 15.9 Å². The van der Waals surface area contributed by atoms with E-state index in [9.17, 15) is 9.90 Å². The minimum Gasteiger partial charge on any atom is -0.507 e. The minimum absolute atomic E-state index is 0.117. The summed E-state index contributed by atoms with van der Waals surface area (Å²) in [6.07, 6.45) is 0.139. The summed E-state index contributed by atoms with van der Waals surface area (Å²) < 4.78 is 11.9. The van der Waals surface area contributed by atoms with Gasteiger partial charge in [0.2, 0.25) is 0 Å². The maximum Gasteiger partial charge on any atom is 0.174 e. The lowest BCUT2D eigenvalue weighted by Gasteiger charge is -2.14. The van der Waals surface area contributed by atoms with Gasteiger partial charge in [-0.15, -0.1) is 23.2 Å². The molecule has 0 heterocycles. The molecule has 134 valence electrons. The van der Waals surface area contributed by atoms with E-state index in [1.165, 1.54) is 6.07 Å². The Morgan fingerprint density at radius 1 is 1.04 bits per heavy atom. The van der Waals surface area contributed by atoms with Gasteiger partial charge < -0.3 is 14.6 Å². The number of ketones is 1. The van der Waals surface area contributed by atoms with Crippen molar-refractivity contribution < 1.29 is 19.4 Å². The Morgan fingerprint density at radius 3 is 2.32 bits per heavy atom. The molecule has 0 amide bonds. The number of carbonyl (C=O) groups excluding carboxylic acids is 1. The zero-order valence-corrected chi connectivity index (χ0v) is 16.4. The number of alkyl halides is 2. The van der Waals surface area contributed by atoms with Crippen LogP contribution < -0.4 is 9.47 Å². The van der Waals surface area contributed by atoms with Crippen molar-refractivity contribution in [1.82, 2.24) is 0 Å². The van der Waals surface area contributed by atoms with Crippen LogP contribution in [-0.2, 0) is 6.42 Å². The van der Waals surface area contributed by atoms with Crippen LogP contribution in [0.4, 0.5) is 0 Å². The van der Waals surface area contributed by atoms with E-state index in [1.807, 2.05) is 24.3 Å². The molecule has 25 heavy (non-hydrogen) atoms. The van der Waals surface area contributed by atoms with Crippen molar-refractivity contribution in [2.24, 2.45) is 0 Å². The summed E-state index contributed by atoms with van der Waals surface area (Å²) in [5.74, 6) is 0.735. The quantitative estimate of drug-likeness (QED) is 0.442. The normalized spacial score (nSPS) is 10.5. The predicted octanol–water partition coefficient (Wildman–Crippen LogP) is 4.82. The van der Waals surface area contributed by atoms with Crippen LogP contribution in [0, 0.1) is 0 Å². The first-order valence-electron chi connectivity index (χ1n) is 7.57. The van der Waals surface area contributed by atoms with Crippen LogP contribution in [0.25, 0.3) is 0 Å². The third-order valence-corrected chi connectivity index (χ3v) is 4.13. The van der Waals surface area contributed by atoms with E-state index in [4.69, 9.17) is 32.7 Å². The van der Waals surface area contributed by atoms with Gasteiger partial charge in [0, 0.05) is 23.0 Å². The number of aromatic hydroxyl groups is 1. The first kappa shape index (κ1) is 19.9. The van der Waals surface area contributed by atoms with Gasteiger partial charge in [-0.25, -0.2) is 0 Å². The molecule has 0 unspecified atom stereocenters. The Balaban J connectivity index is 2.29. The lowest BCUT2D eigenvalue weighted by molar-refractivity contribution is 0.0986. The summed E-state index contributed by atoms with van der Waals surface area (Å²) in [5.41, 5.74) is 0.949. The smallest absolute Gasteiger partial charge is 0.174 e. The number of ether oxygens (including phenoxy) is 2. The molecule has 0 aromatic heterocycles. The SMILES string of the molecule is O=C(Cc1ccc(Br)cc1)c1c(O)cc(OCCCl)cc1OCCCl. The highest BCUT2D eigenvalue weighted by atomic mass is 79.9. The number of phenolic OH excluding ortho intramolecular Hbond substituents is 1. The lowest BCUT2D eigenvalue weighted by atomic mass is 10.0. The third-order valence-electron chi connectivity index (χ3n) is 3.29. The van der Waals surface area contributed by atoms with E-state index < -0.39 is 0 Å². The topological polar surface area (TPSA) is 55.8 Å². The van der Waals surface area contributed by atoms with Gasteiger partial charge in [-0.1, -0.05) is 28.1 Å². The zero-order chi connectivity index (χ0) is 18.2. The molecule has 7 heteroatoms. The molecular weight excluding hydrogens is 431 g/mol. The fourth-order valence-electron chi connectivity index (χ4n) is 2.23. The van der Waals surface area contributed by atoms with Crippen molar-refractivity contribution in [2.45, 2.75) is 6.42 Å². The number of carbonyl (C=O) groups is 1. The molecule has 0 fully saturated rings. The lowest BCUT2D eigenvalue weighted by Crippen LogP contribution is -2.09. The van der Waals surface area contributed by atoms with Crippen molar-refractivity contribution >= 4 is 44.9 Å². The van der Waals surface area contributed by atoms with Crippen LogP contribution in [0.2, 0.25) is 0 Å². The summed E-state index contributed by atoms with van der Waals surface area (Å²) >= 11 is 14.6. The number of hydrogen-bond acceptors (Lipinski definition) is 4. The van der Waals surface area contributed by atoms with Gasteiger partial charge in [0.25, 0.3) is 0 Å². The monoisotopic (exact) mass is 446 g/mol. The third kappa shape index (κ3) is 5.80. The molecule has 0 atom stereocenters. The average molecular weight is 448 g/mol. The maximum absolute atomic E-state index is 12.7. The van der Waals surface area contributed by atoms with E-state index in [0.717, 1.165) is 10.0 Å². The molecule has 0 radical (unpaired) electrons. The molecule has 0 spiro atoms. The van der Waals surface area contributed by atoms with E-state index in [0.29, 0.717) is 11.6 Å². The fraction of sp³-hybridized carbons (Fsp3) is 0.278. The molecular formula is C18H17BrCl2O4. The Morgan fingerprint density at radius 2 is 1.68 bits per heavy atom. The number of hydrogen-bond donors (Lipinski definition) is 1. The molecule has 0 bridgehead atoms. The van der Waals surface area contributed by atoms with Crippen molar-refractivity contribution in [3.8, 4) is 17.2 Å². The molecule has 4 nitrogen and oxygen atoms in total. The predicted molar refractivity (Wildman–Crippen MR) is 103 cm³/mol. The molecule has 2 rings (SSSR count). The van der Waals surface area contributed by atoms with E-state index in [1.54, 1.807) is 6.07 Å². The summed E-state index contributed by atoms with van der Waals surface area (Å²) in [6.45, 7) is 0.487. The van der Waals surface area contributed by atoms with E-state index >= 15 is 0 Å². The van der Waals surface area contributed by atoms with Gasteiger partial charge in [0.05, 0.1) is 11.8 Å². The molecule has 0 saturated heterocycles. The largest absolute Gasteiger partial charge is 0.507 e. The minimum atomic E-state index is -0.256. The molecule has 0 saturated carbocycles. The standard InChI is InChI=1S/C18H17BrCl2O4/c19-13-3-1-12(2-4-13)9-15(22)18-16(23)10-14(24-7-5-20)11-17(18)25-8-6-21/h1-4,10-11,23H,5-9H2. The Bertz CT molecular complexity index is 720. The van der Waals surface area contributed by atoms with Gasteiger partial charge in [-0.2, -0.15) is 0 Å². The second-order valence-electron chi connectivity index (χ2n) is 5.12. The Kier molecular flexibility index (Phi) is 7.88. The Hall–Kier alpha value is -1.43. The Labute approximate surface area is 164 Å². The average Bonchev–Trinajstić information content (AvgIpc) is 2.59.